The fourth-order valence-corrected chi connectivity index (χ4v) is 1.89. The molecule has 0 saturated carbocycles. The fourth-order valence-electron chi connectivity index (χ4n) is 1.89. The summed E-state index contributed by atoms with van der Waals surface area (Å²) in [6, 6.07) is 0. The molecule has 0 amide bonds. The summed E-state index contributed by atoms with van der Waals surface area (Å²) in [5.74, 6) is 1.50. The minimum Gasteiger partial charge on any atom is -0.352 e. The van der Waals surface area contributed by atoms with Crippen molar-refractivity contribution in [3.63, 3.8) is 0 Å². The van der Waals surface area contributed by atoms with E-state index in [4.69, 9.17) is 9.47 Å². The largest absolute Gasteiger partial charge is 0.352 e. The molecular formula is C10H20O2V. The fraction of sp³-hybridized carbons (Fsp3) is 1.00. The molecule has 13 heavy (non-hydrogen) atoms. The molecule has 0 aromatic carbocycles. The molecule has 2 fully saturated rings. The number of fused-ring (bicyclic) bond motifs is 1. The van der Waals surface area contributed by atoms with Crippen LogP contribution in [-0.4, -0.2) is 19.5 Å². The van der Waals surface area contributed by atoms with Crippen LogP contribution in [0.3, 0.4) is 0 Å². The summed E-state index contributed by atoms with van der Waals surface area (Å²) in [5, 5.41) is 0. The van der Waals surface area contributed by atoms with E-state index in [1.165, 1.54) is 12.8 Å². The van der Waals surface area contributed by atoms with E-state index in [1.54, 1.807) is 0 Å². The molecule has 0 N–H and O–H groups in total. The van der Waals surface area contributed by atoms with Crippen LogP contribution in [0.25, 0.3) is 0 Å². The van der Waals surface area contributed by atoms with Crippen molar-refractivity contribution in [1.82, 2.24) is 0 Å². The maximum Gasteiger partial charge on any atom is 0.160 e. The van der Waals surface area contributed by atoms with Crippen molar-refractivity contribution < 1.29 is 28.0 Å². The second-order valence-corrected chi connectivity index (χ2v) is 3.33. The number of hydrogen-bond acceptors (Lipinski definition) is 2. The summed E-state index contributed by atoms with van der Waals surface area (Å²) in [6.45, 7) is 8.09. The van der Waals surface area contributed by atoms with E-state index in [2.05, 4.69) is 6.92 Å². The molecule has 2 aliphatic heterocycles. The van der Waals surface area contributed by atoms with Gasteiger partial charge in [0, 0.05) is 24.5 Å². The zero-order valence-corrected chi connectivity index (χ0v) is 10.2. The van der Waals surface area contributed by atoms with Crippen molar-refractivity contribution in [2.45, 2.75) is 39.9 Å². The quantitative estimate of drug-likeness (QED) is 0.628. The Kier molecular flexibility index (Phi) is 7.15. The summed E-state index contributed by atoms with van der Waals surface area (Å²) in [6.07, 6.45) is 2.56. The summed E-state index contributed by atoms with van der Waals surface area (Å²) >= 11 is 0. The van der Waals surface area contributed by atoms with Crippen molar-refractivity contribution >= 4 is 0 Å². The van der Waals surface area contributed by atoms with Gasteiger partial charge in [0.2, 0.25) is 0 Å². The number of ether oxygens (including phenoxy) is 2. The van der Waals surface area contributed by atoms with E-state index in [-0.39, 0.29) is 24.8 Å². The minimum atomic E-state index is 0. The van der Waals surface area contributed by atoms with Crippen LogP contribution < -0.4 is 0 Å². The molecule has 0 aromatic rings. The molecule has 77 valence electrons. The Bertz CT molecular complexity index is 130. The predicted octanol–water partition coefficient (Wildman–Crippen LogP) is 2.43. The van der Waals surface area contributed by atoms with Gasteiger partial charge < -0.3 is 9.47 Å². The summed E-state index contributed by atoms with van der Waals surface area (Å²) < 4.78 is 10.9. The molecular weight excluding hydrogens is 203 g/mol. The van der Waals surface area contributed by atoms with Crippen LogP contribution >= 0.6 is 0 Å². The van der Waals surface area contributed by atoms with Crippen LogP contribution in [-0.2, 0) is 28.0 Å². The summed E-state index contributed by atoms with van der Waals surface area (Å²) in [5.41, 5.74) is 0. The average Bonchev–Trinajstić information content (AvgIpc) is 2.57. The van der Waals surface area contributed by atoms with Gasteiger partial charge in [-0.3, -0.25) is 0 Å². The first-order valence-corrected chi connectivity index (χ1v) is 5.11. The van der Waals surface area contributed by atoms with Crippen molar-refractivity contribution in [2.75, 3.05) is 13.2 Å². The molecule has 2 rings (SSSR count). The van der Waals surface area contributed by atoms with Gasteiger partial charge in [-0.25, -0.2) is 0 Å². The van der Waals surface area contributed by atoms with Gasteiger partial charge >= 0.3 is 0 Å². The Morgan fingerprint density at radius 2 is 1.54 bits per heavy atom. The molecule has 3 atom stereocenters. The molecule has 0 bridgehead atoms. The molecule has 2 aliphatic rings. The van der Waals surface area contributed by atoms with Crippen molar-refractivity contribution in [1.29, 1.82) is 0 Å². The molecule has 1 radical (unpaired) electrons. The molecule has 2 nitrogen and oxygen atoms in total. The second-order valence-electron chi connectivity index (χ2n) is 3.33. The number of rotatable bonds is 0. The Balaban J connectivity index is 0.000000451. The maximum absolute atomic E-state index is 5.45. The van der Waals surface area contributed by atoms with E-state index < -0.39 is 0 Å². The Labute approximate surface area is 93.3 Å². The number of hydrogen-bond donors (Lipinski definition) is 0. The smallest absolute Gasteiger partial charge is 0.160 e. The Morgan fingerprint density at radius 3 is 2.08 bits per heavy atom. The van der Waals surface area contributed by atoms with E-state index in [0.717, 1.165) is 19.1 Å². The van der Waals surface area contributed by atoms with Crippen LogP contribution in [0.2, 0.25) is 0 Å². The first-order valence-electron chi connectivity index (χ1n) is 5.11. The molecule has 3 heteroatoms. The molecule has 2 saturated heterocycles. The summed E-state index contributed by atoms with van der Waals surface area (Å²) in [7, 11) is 0. The Hall–Kier alpha value is 0.504. The monoisotopic (exact) mass is 223 g/mol. The van der Waals surface area contributed by atoms with E-state index in [1.807, 2.05) is 13.8 Å². The molecule has 0 aromatic heterocycles. The third-order valence-electron chi connectivity index (χ3n) is 2.67. The molecule has 0 aliphatic carbocycles. The zero-order valence-electron chi connectivity index (χ0n) is 8.82. The van der Waals surface area contributed by atoms with Gasteiger partial charge in [-0.2, -0.15) is 0 Å². The standard InChI is InChI=1S/C8H14O2.C2H6.V/c1-6-2-4-9-8-7(6)3-5-10-8;1-2;/h6-8H,2-5H2,1H3;1-2H3;/t6-,7-,8-;;/m0../s1. The minimum absolute atomic E-state index is 0. The molecule has 0 spiro atoms. The molecule has 0 unspecified atom stereocenters. The van der Waals surface area contributed by atoms with E-state index in [9.17, 15) is 0 Å². The first kappa shape index (κ1) is 13.5. The van der Waals surface area contributed by atoms with E-state index >= 15 is 0 Å². The van der Waals surface area contributed by atoms with Crippen molar-refractivity contribution in [3.8, 4) is 0 Å². The van der Waals surface area contributed by atoms with Gasteiger partial charge in [0.1, 0.15) is 0 Å². The van der Waals surface area contributed by atoms with Gasteiger partial charge in [-0.1, -0.05) is 20.8 Å². The predicted molar refractivity (Wildman–Crippen MR) is 48.9 cm³/mol. The van der Waals surface area contributed by atoms with E-state index in [0.29, 0.717) is 5.92 Å². The third kappa shape index (κ3) is 3.28. The van der Waals surface area contributed by atoms with Crippen LogP contribution in [0.4, 0.5) is 0 Å². The average molecular weight is 223 g/mol. The van der Waals surface area contributed by atoms with Crippen molar-refractivity contribution in [3.05, 3.63) is 0 Å². The zero-order chi connectivity index (χ0) is 8.97. The summed E-state index contributed by atoms with van der Waals surface area (Å²) in [4.78, 5) is 0. The second kappa shape index (κ2) is 6.88. The van der Waals surface area contributed by atoms with Gasteiger partial charge in [0.15, 0.2) is 6.29 Å². The van der Waals surface area contributed by atoms with Gasteiger partial charge in [0.25, 0.3) is 0 Å². The normalized spacial score (nSPS) is 36.7. The van der Waals surface area contributed by atoms with Crippen molar-refractivity contribution in [2.24, 2.45) is 11.8 Å². The first-order chi connectivity index (χ1) is 5.88. The topological polar surface area (TPSA) is 18.5 Å². The van der Waals surface area contributed by atoms with Crippen LogP contribution in [0, 0.1) is 11.8 Å². The third-order valence-corrected chi connectivity index (χ3v) is 2.67. The van der Waals surface area contributed by atoms with Gasteiger partial charge in [0.05, 0.1) is 13.2 Å². The van der Waals surface area contributed by atoms with Crippen LogP contribution in [0.5, 0.6) is 0 Å². The maximum atomic E-state index is 5.45. The van der Waals surface area contributed by atoms with Crippen LogP contribution in [0.1, 0.15) is 33.6 Å². The van der Waals surface area contributed by atoms with Gasteiger partial charge in [-0.05, 0) is 18.8 Å². The SMILES string of the molecule is CC.C[C@H]1CCO[C@H]2OCC[C@H]21.[V]. The molecule has 2 heterocycles. The van der Waals surface area contributed by atoms with Gasteiger partial charge in [-0.15, -0.1) is 0 Å². The Morgan fingerprint density at radius 1 is 1.00 bits per heavy atom. The van der Waals surface area contributed by atoms with Crippen LogP contribution in [0.15, 0.2) is 0 Å².